The Bertz CT molecular complexity index is 397. The number of hydrogen-bond donors (Lipinski definition) is 1. The molecule has 0 aliphatic carbocycles. The van der Waals surface area contributed by atoms with Gasteiger partial charge in [-0.1, -0.05) is 12.1 Å². The van der Waals surface area contributed by atoms with Gasteiger partial charge in [0, 0.05) is 13.1 Å². The molecule has 0 heterocycles. The van der Waals surface area contributed by atoms with E-state index in [4.69, 9.17) is 16.3 Å². The summed E-state index contributed by atoms with van der Waals surface area (Å²) < 4.78 is 5.64. The predicted octanol–water partition coefficient (Wildman–Crippen LogP) is 1.87. The van der Waals surface area contributed by atoms with Gasteiger partial charge < -0.3 is 15.0 Å². The van der Waals surface area contributed by atoms with Crippen LogP contribution in [0.5, 0.6) is 5.75 Å². The highest BCUT2D eigenvalue weighted by atomic mass is 35.5. The van der Waals surface area contributed by atoms with Crippen molar-refractivity contribution in [2.24, 2.45) is 0 Å². The van der Waals surface area contributed by atoms with Gasteiger partial charge in [-0.2, -0.15) is 0 Å². The van der Waals surface area contributed by atoms with Crippen LogP contribution < -0.4 is 10.1 Å². The van der Waals surface area contributed by atoms with Crippen LogP contribution in [0.4, 0.5) is 0 Å². The average molecular weight is 285 g/mol. The monoisotopic (exact) mass is 284 g/mol. The topological polar surface area (TPSA) is 41.6 Å². The van der Waals surface area contributed by atoms with Crippen LogP contribution in [0, 0.1) is 0 Å². The fourth-order valence-electron chi connectivity index (χ4n) is 1.64. The fourth-order valence-corrected chi connectivity index (χ4v) is 1.73. The van der Waals surface area contributed by atoms with Gasteiger partial charge >= 0.3 is 0 Å². The Balaban J connectivity index is 2.27. The molecule has 106 valence electrons. The molecule has 0 aliphatic rings. The molecule has 5 heteroatoms. The van der Waals surface area contributed by atoms with Crippen LogP contribution in [0.3, 0.4) is 0 Å². The minimum Gasteiger partial charge on any atom is -0.494 e. The van der Waals surface area contributed by atoms with Crippen molar-refractivity contribution < 1.29 is 9.53 Å². The maximum Gasteiger partial charge on any atom is 0.234 e. The number of nitrogens with one attached hydrogen (secondary N) is 1. The summed E-state index contributed by atoms with van der Waals surface area (Å²) in [5.41, 5.74) is 1.22. The van der Waals surface area contributed by atoms with E-state index in [0.717, 1.165) is 18.7 Å². The number of nitrogens with zero attached hydrogens (tertiary/aromatic N) is 1. The third-order valence-electron chi connectivity index (χ3n) is 2.43. The highest BCUT2D eigenvalue weighted by Gasteiger charge is 2.00. The Morgan fingerprint density at radius 3 is 2.89 bits per heavy atom. The number of carbonyl (C=O) groups excluding carboxylic acids is 1. The lowest BCUT2D eigenvalue weighted by Crippen LogP contribution is -2.26. The lowest BCUT2D eigenvalue weighted by Gasteiger charge is -2.11. The van der Waals surface area contributed by atoms with Crippen molar-refractivity contribution in [3.05, 3.63) is 29.8 Å². The Hall–Kier alpha value is -1.26. The first-order chi connectivity index (χ1) is 9.11. The van der Waals surface area contributed by atoms with E-state index in [2.05, 4.69) is 16.3 Å². The van der Waals surface area contributed by atoms with E-state index in [9.17, 15) is 4.79 Å². The molecule has 1 rings (SSSR count). The van der Waals surface area contributed by atoms with Crippen LogP contribution in [-0.4, -0.2) is 43.9 Å². The first-order valence-electron chi connectivity index (χ1n) is 6.31. The van der Waals surface area contributed by atoms with Gasteiger partial charge in [-0.05, 0) is 38.2 Å². The third kappa shape index (κ3) is 7.03. The zero-order valence-corrected chi connectivity index (χ0v) is 12.2. The molecule has 0 bridgehead atoms. The highest BCUT2D eigenvalue weighted by molar-refractivity contribution is 6.27. The minimum absolute atomic E-state index is 0.00738. The van der Waals surface area contributed by atoms with Crippen molar-refractivity contribution in [1.29, 1.82) is 0 Å². The number of halogens is 1. The second-order valence-corrected chi connectivity index (χ2v) is 4.84. The smallest absolute Gasteiger partial charge is 0.234 e. The molecule has 0 atom stereocenters. The molecular weight excluding hydrogens is 264 g/mol. The summed E-state index contributed by atoms with van der Waals surface area (Å²) in [6, 6.07) is 8.05. The van der Waals surface area contributed by atoms with Crippen LogP contribution in [-0.2, 0) is 11.3 Å². The van der Waals surface area contributed by atoms with Gasteiger partial charge in [0.05, 0.1) is 6.61 Å². The van der Waals surface area contributed by atoms with E-state index in [1.54, 1.807) is 0 Å². The number of benzene rings is 1. The molecule has 0 spiro atoms. The summed E-state index contributed by atoms with van der Waals surface area (Å²) in [5, 5.41) is 2.70. The third-order valence-corrected chi connectivity index (χ3v) is 2.67. The Morgan fingerprint density at radius 2 is 2.21 bits per heavy atom. The summed E-state index contributed by atoms with van der Waals surface area (Å²) in [5.74, 6) is 0.727. The average Bonchev–Trinajstić information content (AvgIpc) is 2.37. The molecule has 1 aromatic carbocycles. The SMILES string of the molecule is CN(C)Cc1cccc(OCCCNC(=O)CCl)c1. The van der Waals surface area contributed by atoms with E-state index >= 15 is 0 Å². The Labute approximate surface area is 119 Å². The van der Waals surface area contributed by atoms with Gasteiger partial charge in [-0.15, -0.1) is 11.6 Å². The lowest BCUT2D eigenvalue weighted by atomic mass is 10.2. The lowest BCUT2D eigenvalue weighted by molar-refractivity contribution is -0.118. The van der Waals surface area contributed by atoms with Crippen molar-refractivity contribution >= 4 is 17.5 Å². The summed E-state index contributed by atoms with van der Waals surface area (Å²) >= 11 is 5.37. The number of alkyl halides is 1. The van der Waals surface area contributed by atoms with E-state index in [1.807, 2.05) is 32.3 Å². The maximum atomic E-state index is 10.9. The molecule has 4 nitrogen and oxygen atoms in total. The summed E-state index contributed by atoms with van der Waals surface area (Å²) in [7, 11) is 4.07. The summed E-state index contributed by atoms with van der Waals surface area (Å²) in [6.07, 6.45) is 0.764. The first-order valence-corrected chi connectivity index (χ1v) is 6.84. The van der Waals surface area contributed by atoms with E-state index in [-0.39, 0.29) is 11.8 Å². The second-order valence-electron chi connectivity index (χ2n) is 4.57. The molecule has 1 amide bonds. The van der Waals surface area contributed by atoms with Gasteiger partial charge in [0.25, 0.3) is 0 Å². The van der Waals surface area contributed by atoms with Crippen LogP contribution >= 0.6 is 11.6 Å². The Morgan fingerprint density at radius 1 is 1.42 bits per heavy atom. The van der Waals surface area contributed by atoms with Crippen molar-refractivity contribution in [2.75, 3.05) is 33.1 Å². The Kier molecular flexibility index (Phi) is 7.30. The van der Waals surface area contributed by atoms with E-state index < -0.39 is 0 Å². The number of ether oxygens (including phenoxy) is 1. The van der Waals surface area contributed by atoms with Gasteiger partial charge in [-0.25, -0.2) is 0 Å². The standard InChI is InChI=1S/C14H21ClN2O2/c1-17(2)11-12-5-3-6-13(9-12)19-8-4-7-16-14(18)10-15/h3,5-6,9H,4,7-8,10-11H2,1-2H3,(H,16,18). The van der Waals surface area contributed by atoms with Crippen molar-refractivity contribution in [3.8, 4) is 5.75 Å². The first kappa shape index (κ1) is 15.8. The zero-order chi connectivity index (χ0) is 14.1. The van der Waals surface area contributed by atoms with Crippen LogP contribution in [0.15, 0.2) is 24.3 Å². The molecule has 0 radical (unpaired) electrons. The largest absolute Gasteiger partial charge is 0.494 e. The van der Waals surface area contributed by atoms with E-state index in [1.165, 1.54) is 5.56 Å². The fraction of sp³-hybridized carbons (Fsp3) is 0.500. The van der Waals surface area contributed by atoms with Gasteiger partial charge in [0.2, 0.25) is 5.91 Å². The minimum atomic E-state index is -0.144. The highest BCUT2D eigenvalue weighted by Crippen LogP contribution is 2.14. The molecule has 0 aliphatic heterocycles. The molecule has 0 saturated carbocycles. The molecule has 0 saturated heterocycles. The number of carbonyl (C=O) groups is 1. The number of rotatable bonds is 8. The van der Waals surface area contributed by atoms with Crippen molar-refractivity contribution in [1.82, 2.24) is 10.2 Å². The van der Waals surface area contributed by atoms with Crippen LogP contribution in [0.2, 0.25) is 0 Å². The predicted molar refractivity (Wildman–Crippen MR) is 77.7 cm³/mol. The summed E-state index contributed by atoms with van der Waals surface area (Å²) in [4.78, 5) is 13.0. The molecule has 0 aromatic heterocycles. The normalized spacial score (nSPS) is 10.5. The van der Waals surface area contributed by atoms with Gasteiger partial charge in [-0.3, -0.25) is 4.79 Å². The molecule has 0 fully saturated rings. The molecule has 1 aromatic rings. The number of amides is 1. The number of hydrogen-bond acceptors (Lipinski definition) is 3. The molecule has 19 heavy (non-hydrogen) atoms. The maximum absolute atomic E-state index is 10.9. The van der Waals surface area contributed by atoms with Crippen molar-refractivity contribution in [2.45, 2.75) is 13.0 Å². The van der Waals surface area contributed by atoms with E-state index in [0.29, 0.717) is 13.2 Å². The summed E-state index contributed by atoms with van der Waals surface area (Å²) in [6.45, 7) is 2.06. The van der Waals surface area contributed by atoms with Gasteiger partial charge in [0.1, 0.15) is 11.6 Å². The molecule has 1 N–H and O–H groups in total. The van der Waals surface area contributed by atoms with Crippen LogP contribution in [0.1, 0.15) is 12.0 Å². The molecular formula is C14H21ClN2O2. The quantitative estimate of drug-likeness (QED) is 0.585. The van der Waals surface area contributed by atoms with Crippen molar-refractivity contribution in [3.63, 3.8) is 0 Å². The zero-order valence-electron chi connectivity index (χ0n) is 11.5. The van der Waals surface area contributed by atoms with Gasteiger partial charge in [0.15, 0.2) is 0 Å². The second kappa shape index (κ2) is 8.77. The molecule has 0 unspecified atom stereocenters. The van der Waals surface area contributed by atoms with Crippen LogP contribution in [0.25, 0.3) is 0 Å².